The molecule has 110 valence electrons. The number of hydrogen-bond donors (Lipinski definition) is 1. The molecule has 3 nitrogen and oxygen atoms in total. The van der Waals surface area contributed by atoms with Gasteiger partial charge in [-0.2, -0.15) is 0 Å². The Kier molecular flexibility index (Phi) is 4.32. The van der Waals surface area contributed by atoms with E-state index in [0.717, 1.165) is 36.5 Å². The Labute approximate surface area is 129 Å². The van der Waals surface area contributed by atoms with Crippen molar-refractivity contribution < 1.29 is 9.47 Å². The van der Waals surface area contributed by atoms with E-state index in [-0.39, 0.29) is 0 Å². The van der Waals surface area contributed by atoms with Crippen LogP contribution >= 0.6 is 11.6 Å². The van der Waals surface area contributed by atoms with E-state index in [0.29, 0.717) is 18.2 Å². The van der Waals surface area contributed by atoms with Crippen molar-refractivity contribution in [2.45, 2.75) is 19.4 Å². The quantitative estimate of drug-likeness (QED) is 0.921. The minimum absolute atomic E-state index is 0.380. The fourth-order valence-corrected chi connectivity index (χ4v) is 2.79. The molecular weight excluding hydrogens is 286 g/mol. The minimum atomic E-state index is 0.380. The van der Waals surface area contributed by atoms with Gasteiger partial charge in [-0.1, -0.05) is 29.8 Å². The largest absolute Gasteiger partial charge is 0.493 e. The average Bonchev–Trinajstić information content (AvgIpc) is 2.95. The Morgan fingerprint density at radius 3 is 3.00 bits per heavy atom. The van der Waals surface area contributed by atoms with Crippen molar-refractivity contribution in [2.75, 3.05) is 13.2 Å². The third-order valence-corrected chi connectivity index (χ3v) is 4.04. The number of fused-ring (bicyclic) bond motifs is 1. The molecule has 0 unspecified atom stereocenters. The first-order valence-corrected chi connectivity index (χ1v) is 7.50. The number of benzene rings is 2. The van der Waals surface area contributed by atoms with Gasteiger partial charge in [0.2, 0.25) is 0 Å². The van der Waals surface area contributed by atoms with E-state index >= 15 is 0 Å². The highest BCUT2D eigenvalue weighted by molar-refractivity contribution is 6.31. The molecule has 2 aromatic rings. The fraction of sp³-hybridized carbons (Fsp3) is 0.294. The van der Waals surface area contributed by atoms with Crippen molar-refractivity contribution in [1.29, 1.82) is 0 Å². The van der Waals surface area contributed by atoms with Gasteiger partial charge in [0.15, 0.2) is 0 Å². The number of ether oxygens (including phenoxy) is 2. The SMILES string of the molecule is NCc1c(Cl)cccc1OCCc1ccc2c(c1)CCO2. The zero-order chi connectivity index (χ0) is 14.7. The summed E-state index contributed by atoms with van der Waals surface area (Å²) in [4.78, 5) is 0. The number of halogens is 1. The van der Waals surface area contributed by atoms with E-state index in [1.54, 1.807) is 0 Å². The van der Waals surface area contributed by atoms with Gasteiger partial charge >= 0.3 is 0 Å². The Bertz CT molecular complexity index is 643. The summed E-state index contributed by atoms with van der Waals surface area (Å²) in [6.07, 6.45) is 1.85. The van der Waals surface area contributed by atoms with E-state index in [1.807, 2.05) is 24.3 Å². The zero-order valence-corrected chi connectivity index (χ0v) is 12.5. The van der Waals surface area contributed by atoms with Gasteiger partial charge in [-0.15, -0.1) is 0 Å². The lowest BCUT2D eigenvalue weighted by molar-refractivity contribution is 0.318. The van der Waals surface area contributed by atoms with Crippen LogP contribution in [0.1, 0.15) is 16.7 Å². The number of nitrogens with two attached hydrogens (primary N) is 1. The summed E-state index contributed by atoms with van der Waals surface area (Å²) in [5, 5.41) is 0.657. The van der Waals surface area contributed by atoms with E-state index in [2.05, 4.69) is 12.1 Å². The van der Waals surface area contributed by atoms with Crippen molar-refractivity contribution in [3.05, 3.63) is 58.1 Å². The standard InChI is InChI=1S/C17H18ClNO2/c18-15-2-1-3-17(14(15)11-19)21-8-6-12-4-5-16-13(10-12)7-9-20-16/h1-5,10H,6-9,11,19H2. The lowest BCUT2D eigenvalue weighted by atomic mass is 10.1. The van der Waals surface area contributed by atoms with Gasteiger partial charge in [0.25, 0.3) is 0 Å². The summed E-state index contributed by atoms with van der Waals surface area (Å²) in [7, 11) is 0. The van der Waals surface area contributed by atoms with Crippen molar-refractivity contribution in [3.63, 3.8) is 0 Å². The molecule has 0 bridgehead atoms. The minimum Gasteiger partial charge on any atom is -0.493 e. The molecule has 0 atom stereocenters. The molecule has 0 spiro atoms. The summed E-state index contributed by atoms with van der Waals surface area (Å²) in [5.41, 5.74) is 9.13. The maximum atomic E-state index is 6.12. The summed E-state index contributed by atoms with van der Waals surface area (Å²) >= 11 is 6.12. The van der Waals surface area contributed by atoms with Crippen LogP contribution in [-0.2, 0) is 19.4 Å². The molecule has 0 aliphatic carbocycles. The van der Waals surface area contributed by atoms with Crippen LogP contribution in [0.15, 0.2) is 36.4 Å². The molecule has 1 heterocycles. The van der Waals surface area contributed by atoms with Gasteiger partial charge in [-0.05, 0) is 29.3 Å². The van der Waals surface area contributed by atoms with Crippen molar-refractivity contribution in [3.8, 4) is 11.5 Å². The zero-order valence-electron chi connectivity index (χ0n) is 11.8. The van der Waals surface area contributed by atoms with Crippen LogP contribution in [0, 0.1) is 0 Å². The topological polar surface area (TPSA) is 44.5 Å². The van der Waals surface area contributed by atoms with Gasteiger partial charge in [0.1, 0.15) is 11.5 Å². The number of hydrogen-bond acceptors (Lipinski definition) is 3. The first-order valence-electron chi connectivity index (χ1n) is 7.13. The maximum absolute atomic E-state index is 6.12. The average molecular weight is 304 g/mol. The lowest BCUT2D eigenvalue weighted by Gasteiger charge is -2.12. The second kappa shape index (κ2) is 6.37. The molecule has 0 fully saturated rings. The molecule has 2 aromatic carbocycles. The van der Waals surface area contributed by atoms with E-state index in [9.17, 15) is 0 Å². The monoisotopic (exact) mass is 303 g/mol. The Morgan fingerprint density at radius 1 is 1.24 bits per heavy atom. The third kappa shape index (κ3) is 3.14. The Hall–Kier alpha value is -1.71. The molecule has 0 aromatic heterocycles. The highest BCUT2D eigenvalue weighted by Gasteiger charge is 2.12. The molecule has 4 heteroatoms. The Balaban J connectivity index is 1.63. The summed E-state index contributed by atoms with van der Waals surface area (Å²) in [5.74, 6) is 1.79. The second-order valence-electron chi connectivity index (χ2n) is 5.06. The molecule has 0 saturated heterocycles. The smallest absolute Gasteiger partial charge is 0.125 e. The van der Waals surface area contributed by atoms with Gasteiger partial charge in [0, 0.05) is 30.0 Å². The molecule has 21 heavy (non-hydrogen) atoms. The predicted molar refractivity (Wildman–Crippen MR) is 84.2 cm³/mol. The van der Waals surface area contributed by atoms with Crippen LogP contribution in [-0.4, -0.2) is 13.2 Å². The van der Waals surface area contributed by atoms with Crippen molar-refractivity contribution in [2.24, 2.45) is 5.73 Å². The highest BCUT2D eigenvalue weighted by Crippen LogP contribution is 2.27. The first-order chi connectivity index (χ1) is 10.3. The van der Waals surface area contributed by atoms with Crippen LogP contribution in [0.3, 0.4) is 0 Å². The van der Waals surface area contributed by atoms with Gasteiger partial charge in [-0.25, -0.2) is 0 Å². The normalized spacial score (nSPS) is 12.9. The Morgan fingerprint density at radius 2 is 2.14 bits per heavy atom. The van der Waals surface area contributed by atoms with E-state index in [4.69, 9.17) is 26.8 Å². The third-order valence-electron chi connectivity index (χ3n) is 3.68. The van der Waals surface area contributed by atoms with Crippen LogP contribution in [0.2, 0.25) is 5.02 Å². The van der Waals surface area contributed by atoms with Gasteiger partial charge < -0.3 is 15.2 Å². The van der Waals surface area contributed by atoms with E-state index < -0.39 is 0 Å². The first kappa shape index (κ1) is 14.2. The summed E-state index contributed by atoms with van der Waals surface area (Å²) < 4.78 is 11.3. The molecule has 1 aliphatic rings. The van der Waals surface area contributed by atoms with E-state index in [1.165, 1.54) is 11.1 Å². The molecule has 0 amide bonds. The number of rotatable bonds is 5. The van der Waals surface area contributed by atoms with Crippen LogP contribution in [0.4, 0.5) is 0 Å². The van der Waals surface area contributed by atoms with Crippen LogP contribution in [0.25, 0.3) is 0 Å². The van der Waals surface area contributed by atoms with Crippen LogP contribution < -0.4 is 15.2 Å². The summed E-state index contributed by atoms with van der Waals surface area (Å²) in [6.45, 7) is 1.77. The second-order valence-corrected chi connectivity index (χ2v) is 5.47. The molecule has 0 saturated carbocycles. The predicted octanol–water partition coefficient (Wildman–Crippen LogP) is 3.36. The lowest BCUT2D eigenvalue weighted by Crippen LogP contribution is -2.06. The van der Waals surface area contributed by atoms with Crippen molar-refractivity contribution in [1.82, 2.24) is 0 Å². The summed E-state index contributed by atoms with van der Waals surface area (Å²) in [6, 6.07) is 12.0. The molecule has 2 N–H and O–H groups in total. The van der Waals surface area contributed by atoms with Crippen LogP contribution in [0.5, 0.6) is 11.5 Å². The van der Waals surface area contributed by atoms with Gasteiger partial charge in [0.05, 0.1) is 13.2 Å². The molecule has 0 radical (unpaired) electrons. The fourth-order valence-electron chi connectivity index (χ4n) is 2.55. The van der Waals surface area contributed by atoms with Crippen molar-refractivity contribution >= 4 is 11.6 Å². The maximum Gasteiger partial charge on any atom is 0.125 e. The highest BCUT2D eigenvalue weighted by atomic mass is 35.5. The molecule has 1 aliphatic heterocycles. The molecule has 3 rings (SSSR count). The molecular formula is C17H18ClNO2. The van der Waals surface area contributed by atoms with Gasteiger partial charge in [-0.3, -0.25) is 0 Å².